The van der Waals surface area contributed by atoms with Crippen LogP contribution in [0.2, 0.25) is 5.02 Å². The van der Waals surface area contributed by atoms with E-state index >= 15 is 0 Å². The summed E-state index contributed by atoms with van der Waals surface area (Å²) in [5.41, 5.74) is 0.993. The first-order valence-corrected chi connectivity index (χ1v) is 5.71. The lowest BCUT2D eigenvalue weighted by atomic mass is 10.0. The molecule has 1 fully saturated rings. The molecule has 3 nitrogen and oxygen atoms in total. The molecule has 2 atom stereocenters. The first-order chi connectivity index (χ1) is 7.68. The van der Waals surface area contributed by atoms with Crippen molar-refractivity contribution in [3.8, 4) is 0 Å². The van der Waals surface area contributed by atoms with Crippen LogP contribution in [0.1, 0.15) is 24.9 Å². The molecule has 0 aliphatic carbocycles. The monoisotopic (exact) mass is 239 g/mol. The number of benzene rings is 1. The summed E-state index contributed by atoms with van der Waals surface area (Å²) in [5, 5.41) is 4.01. The van der Waals surface area contributed by atoms with E-state index in [0.717, 1.165) is 18.5 Å². The van der Waals surface area contributed by atoms with Crippen LogP contribution in [0.15, 0.2) is 24.3 Å². The molecule has 86 valence electrons. The van der Waals surface area contributed by atoms with Gasteiger partial charge in [0.15, 0.2) is 0 Å². The van der Waals surface area contributed by atoms with Gasteiger partial charge in [0.2, 0.25) is 0 Å². The van der Waals surface area contributed by atoms with Gasteiger partial charge in [0.05, 0.1) is 6.04 Å². The van der Waals surface area contributed by atoms with Crippen molar-refractivity contribution in [2.24, 2.45) is 0 Å². The number of carbonyl (C=O) groups excluding carboxylic acids is 1. The number of esters is 1. The summed E-state index contributed by atoms with van der Waals surface area (Å²) < 4.78 is 5.27. The quantitative estimate of drug-likeness (QED) is 0.805. The minimum Gasteiger partial charge on any atom is -0.460 e. The van der Waals surface area contributed by atoms with Crippen molar-refractivity contribution in [3.63, 3.8) is 0 Å². The zero-order valence-corrected chi connectivity index (χ0v) is 9.83. The fraction of sp³-hybridized carbons (Fsp3) is 0.417. The van der Waals surface area contributed by atoms with Gasteiger partial charge in [-0.1, -0.05) is 29.8 Å². The molecule has 0 aromatic heterocycles. The van der Waals surface area contributed by atoms with Crippen LogP contribution in [0, 0.1) is 0 Å². The van der Waals surface area contributed by atoms with Gasteiger partial charge >= 0.3 is 5.97 Å². The van der Waals surface area contributed by atoms with E-state index in [0.29, 0.717) is 5.02 Å². The normalized spacial score (nSPS) is 24.4. The van der Waals surface area contributed by atoms with Gasteiger partial charge in [-0.3, -0.25) is 4.79 Å². The highest BCUT2D eigenvalue weighted by atomic mass is 35.5. The zero-order chi connectivity index (χ0) is 11.5. The Balaban J connectivity index is 2.20. The van der Waals surface area contributed by atoms with Crippen LogP contribution in [0.5, 0.6) is 0 Å². The van der Waals surface area contributed by atoms with Gasteiger partial charge in [-0.15, -0.1) is 0 Å². The number of nitrogens with one attached hydrogen (secondary N) is 1. The molecular weight excluding hydrogens is 226 g/mol. The van der Waals surface area contributed by atoms with Crippen LogP contribution >= 0.6 is 11.6 Å². The molecule has 16 heavy (non-hydrogen) atoms. The maximum absolute atomic E-state index is 11.0. The van der Waals surface area contributed by atoms with Gasteiger partial charge < -0.3 is 10.1 Å². The topological polar surface area (TPSA) is 38.3 Å². The molecule has 1 heterocycles. The van der Waals surface area contributed by atoms with Crippen LogP contribution < -0.4 is 5.32 Å². The number of ether oxygens (including phenoxy) is 1. The van der Waals surface area contributed by atoms with E-state index in [1.54, 1.807) is 0 Å². The molecule has 1 aliphatic heterocycles. The Kier molecular flexibility index (Phi) is 3.46. The Morgan fingerprint density at radius 2 is 2.25 bits per heavy atom. The maximum Gasteiger partial charge on any atom is 0.302 e. The standard InChI is InChI=1S/C12H14ClNO2/c1-8(15)16-11-6-7-14-12(11)9-4-2-3-5-10(9)13/h2-5,11-12,14H,6-7H2,1H3. The molecule has 0 spiro atoms. The number of rotatable bonds is 2. The minimum atomic E-state index is -0.245. The highest BCUT2D eigenvalue weighted by molar-refractivity contribution is 6.31. The predicted octanol–water partition coefficient (Wildman–Crippen LogP) is 2.31. The van der Waals surface area contributed by atoms with Crippen molar-refractivity contribution in [1.29, 1.82) is 0 Å². The second kappa shape index (κ2) is 4.85. The number of hydrogen-bond acceptors (Lipinski definition) is 3. The highest BCUT2D eigenvalue weighted by Crippen LogP contribution is 2.31. The molecule has 0 amide bonds. The molecule has 2 unspecified atom stereocenters. The Labute approximate surface area is 99.7 Å². The number of hydrogen-bond donors (Lipinski definition) is 1. The Hall–Kier alpha value is -1.06. The molecule has 1 aromatic rings. The van der Waals surface area contributed by atoms with Gasteiger partial charge in [0, 0.05) is 11.9 Å². The second-order valence-electron chi connectivity index (χ2n) is 3.89. The molecule has 0 bridgehead atoms. The summed E-state index contributed by atoms with van der Waals surface area (Å²) in [7, 11) is 0. The van der Waals surface area contributed by atoms with Gasteiger partial charge in [-0.25, -0.2) is 0 Å². The van der Waals surface area contributed by atoms with E-state index in [9.17, 15) is 4.79 Å². The molecule has 1 aliphatic rings. The largest absolute Gasteiger partial charge is 0.460 e. The van der Waals surface area contributed by atoms with Crippen LogP contribution in [0.4, 0.5) is 0 Å². The summed E-state index contributed by atoms with van der Waals surface area (Å²) in [6.45, 7) is 2.27. The summed E-state index contributed by atoms with van der Waals surface area (Å²) in [6.07, 6.45) is 0.715. The third kappa shape index (κ3) is 2.36. The molecule has 2 rings (SSSR count). The Bertz CT molecular complexity index is 394. The van der Waals surface area contributed by atoms with Crippen molar-refractivity contribution in [3.05, 3.63) is 34.9 Å². The Morgan fingerprint density at radius 3 is 2.94 bits per heavy atom. The van der Waals surface area contributed by atoms with Crippen molar-refractivity contribution in [2.45, 2.75) is 25.5 Å². The van der Waals surface area contributed by atoms with E-state index in [2.05, 4.69) is 5.32 Å². The van der Waals surface area contributed by atoms with Gasteiger partial charge in [0.25, 0.3) is 0 Å². The van der Waals surface area contributed by atoms with Crippen molar-refractivity contribution >= 4 is 17.6 Å². The Morgan fingerprint density at radius 1 is 1.50 bits per heavy atom. The SMILES string of the molecule is CC(=O)OC1CCNC1c1ccccc1Cl. The number of halogens is 1. The third-order valence-corrected chi connectivity index (χ3v) is 3.07. The molecule has 4 heteroatoms. The molecule has 0 saturated carbocycles. The average Bonchev–Trinajstić information content (AvgIpc) is 2.66. The van der Waals surface area contributed by atoms with Crippen molar-refractivity contribution in [1.82, 2.24) is 5.32 Å². The third-order valence-electron chi connectivity index (χ3n) is 2.72. The first kappa shape index (κ1) is 11.4. The fourth-order valence-electron chi connectivity index (χ4n) is 2.06. The van der Waals surface area contributed by atoms with Crippen LogP contribution in [0.3, 0.4) is 0 Å². The molecule has 1 N–H and O–H groups in total. The maximum atomic E-state index is 11.0. The molecular formula is C12H14ClNO2. The molecule has 1 saturated heterocycles. The van der Waals surface area contributed by atoms with Gasteiger partial charge in [-0.05, 0) is 24.6 Å². The van der Waals surface area contributed by atoms with Crippen LogP contribution in [-0.4, -0.2) is 18.6 Å². The lowest BCUT2D eigenvalue weighted by Crippen LogP contribution is -2.25. The minimum absolute atomic E-state index is 0.0117. The number of carbonyl (C=O) groups is 1. The van der Waals surface area contributed by atoms with Crippen LogP contribution in [-0.2, 0) is 9.53 Å². The smallest absolute Gasteiger partial charge is 0.302 e. The van der Waals surface area contributed by atoms with Gasteiger partial charge in [-0.2, -0.15) is 0 Å². The second-order valence-corrected chi connectivity index (χ2v) is 4.30. The van der Waals surface area contributed by atoms with Crippen molar-refractivity contribution < 1.29 is 9.53 Å². The lowest BCUT2D eigenvalue weighted by Gasteiger charge is -2.20. The first-order valence-electron chi connectivity index (χ1n) is 5.33. The zero-order valence-electron chi connectivity index (χ0n) is 9.07. The van der Waals surface area contributed by atoms with Crippen molar-refractivity contribution in [2.75, 3.05) is 6.54 Å². The summed E-state index contributed by atoms with van der Waals surface area (Å²) in [6, 6.07) is 7.65. The predicted molar refractivity (Wildman–Crippen MR) is 62.4 cm³/mol. The fourth-order valence-corrected chi connectivity index (χ4v) is 2.31. The van der Waals surface area contributed by atoms with Crippen LogP contribution in [0.25, 0.3) is 0 Å². The molecule has 1 aromatic carbocycles. The van der Waals surface area contributed by atoms with E-state index in [-0.39, 0.29) is 18.1 Å². The van der Waals surface area contributed by atoms with E-state index in [1.807, 2.05) is 24.3 Å². The average molecular weight is 240 g/mol. The summed E-state index contributed by atoms with van der Waals surface area (Å²) in [4.78, 5) is 11.0. The molecule has 0 radical (unpaired) electrons. The summed E-state index contributed by atoms with van der Waals surface area (Å²) >= 11 is 6.13. The summed E-state index contributed by atoms with van der Waals surface area (Å²) in [5.74, 6) is -0.245. The highest BCUT2D eigenvalue weighted by Gasteiger charge is 2.31. The van der Waals surface area contributed by atoms with E-state index in [4.69, 9.17) is 16.3 Å². The lowest BCUT2D eigenvalue weighted by molar-refractivity contribution is -0.146. The van der Waals surface area contributed by atoms with E-state index < -0.39 is 0 Å². The van der Waals surface area contributed by atoms with Gasteiger partial charge in [0.1, 0.15) is 6.10 Å². The van der Waals surface area contributed by atoms with E-state index in [1.165, 1.54) is 6.92 Å².